The van der Waals surface area contributed by atoms with Crippen molar-refractivity contribution in [2.75, 3.05) is 13.7 Å². The van der Waals surface area contributed by atoms with Crippen LogP contribution in [0.3, 0.4) is 0 Å². The van der Waals surface area contributed by atoms with E-state index in [0.717, 1.165) is 31.0 Å². The van der Waals surface area contributed by atoms with Gasteiger partial charge in [0.1, 0.15) is 10.5 Å². The molecule has 1 N–H and O–H groups in total. The normalized spacial score (nSPS) is 11.8. The predicted molar refractivity (Wildman–Crippen MR) is 68.3 cm³/mol. The van der Waals surface area contributed by atoms with Crippen LogP contribution in [0.5, 0.6) is 0 Å². The third-order valence-electron chi connectivity index (χ3n) is 2.36. The van der Waals surface area contributed by atoms with Crippen molar-refractivity contribution in [3.63, 3.8) is 0 Å². The fourth-order valence-electron chi connectivity index (χ4n) is 1.41. The lowest BCUT2D eigenvalue weighted by molar-refractivity contribution is 0.194. The maximum atomic E-state index is 5.17. The number of aryl methyl sites for hydroxylation is 1. The number of nitrogens with zero attached hydrogens (tertiary/aromatic N) is 1. The molecule has 0 saturated heterocycles. The molecule has 0 aromatic carbocycles. The minimum absolute atomic E-state index is 0.0759. The lowest BCUT2D eigenvalue weighted by atomic mass is 9.92. The predicted octanol–water partition coefficient (Wildman–Crippen LogP) is 3.02. The standard InChI is InChI=1S/C12H20N2OS/c1-12(2,3)9-8-11(16)14-10(13-9)6-5-7-15-4/h8H,5-7H2,1-4H3,(H,13,14,16). The average molecular weight is 240 g/mol. The molecule has 0 unspecified atom stereocenters. The van der Waals surface area contributed by atoms with Gasteiger partial charge in [0.05, 0.1) is 0 Å². The van der Waals surface area contributed by atoms with Crippen LogP contribution in [-0.4, -0.2) is 23.7 Å². The van der Waals surface area contributed by atoms with E-state index >= 15 is 0 Å². The number of rotatable bonds is 4. The van der Waals surface area contributed by atoms with Crippen LogP contribution in [0, 0.1) is 4.64 Å². The highest BCUT2D eigenvalue weighted by Crippen LogP contribution is 2.19. The molecule has 3 nitrogen and oxygen atoms in total. The number of H-pyrrole nitrogens is 1. The van der Waals surface area contributed by atoms with Crippen LogP contribution in [0.15, 0.2) is 6.07 Å². The largest absolute Gasteiger partial charge is 0.385 e. The molecule has 0 aliphatic rings. The Morgan fingerprint density at radius 3 is 2.69 bits per heavy atom. The number of methoxy groups -OCH3 is 1. The van der Waals surface area contributed by atoms with Crippen molar-refractivity contribution in [3.05, 3.63) is 22.2 Å². The first-order chi connectivity index (χ1) is 7.43. The molecule has 1 rings (SSSR count). The topological polar surface area (TPSA) is 37.9 Å². The number of nitrogens with one attached hydrogen (secondary N) is 1. The highest BCUT2D eigenvalue weighted by Gasteiger charge is 2.15. The fourth-order valence-corrected chi connectivity index (χ4v) is 1.64. The number of aromatic nitrogens is 2. The van der Waals surface area contributed by atoms with Gasteiger partial charge in [-0.25, -0.2) is 4.98 Å². The van der Waals surface area contributed by atoms with Gasteiger partial charge in [-0.3, -0.25) is 0 Å². The second-order valence-electron chi connectivity index (χ2n) is 4.93. The van der Waals surface area contributed by atoms with Crippen LogP contribution in [0.2, 0.25) is 0 Å². The third-order valence-corrected chi connectivity index (χ3v) is 2.57. The summed E-state index contributed by atoms with van der Waals surface area (Å²) in [6.07, 6.45) is 1.84. The maximum absolute atomic E-state index is 5.17. The fraction of sp³-hybridized carbons (Fsp3) is 0.667. The van der Waals surface area contributed by atoms with Crippen LogP contribution in [0.1, 0.15) is 38.7 Å². The molecule has 0 saturated carbocycles. The molecule has 0 radical (unpaired) electrons. The molecule has 0 spiro atoms. The molecule has 0 amide bonds. The third kappa shape index (κ3) is 4.02. The first kappa shape index (κ1) is 13.3. The molecule has 1 aromatic heterocycles. The van der Waals surface area contributed by atoms with Crippen molar-refractivity contribution in [2.45, 2.75) is 39.0 Å². The first-order valence-corrected chi connectivity index (χ1v) is 5.94. The average Bonchev–Trinajstić information content (AvgIpc) is 2.16. The summed E-state index contributed by atoms with van der Waals surface area (Å²) < 4.78 is 5.69. The molecule has 16 heavy (non-hydrogen) atoms. The van der Waals surface area contributed by atoms with Gasteiger partial charge in [0.2, 0.25) is 0 Å². The molecular formula is C12H20N2OS. The summed E-state index contributed by atoms with van der Waals surface area (Å²) in [6.45, 7) is 7.23. The zero-order valence-corrected chi connectivity index (χ0v) is 11.3. The van der Waals surface area contributed by atoms with E-state index in [1.807, 2.05) is 6.07 Å². The molecule has 1 heterocycles. The van der Waals surface area contributed by atoms with Crippen LogP contribution in [0.4, 0.5) is 0 Å². The zero-order chi connectivity index (χ0) is 12.2. The first-order valence-electron chi connectivity index (χ1n) is 5.53. The van der Waals surface area contributed by atoms with Crippen molar-refractivity contribution >= 4 is 12.2 Å². The number of ether oxygens (including phenoxy) is 1. The molecule has 0 aliphatic heterocycles. The minimum atomic E-state index is 0.0759. The maximum Gasteiger partial charge on any atom is 0.130 e. The SMILES string of the molecule is COCCCc1nc(=S)cc(C(C)(C)C)[nH]1. The summed E-state index contributed by atoms with van der Waals surface area (Å²) in [6, 6.07) is 1.94. The van der Waals surface area contributed by atoms with E-state index in [4.69, 9.17) is 17.0 Å². The highest BCUT2D eigenvalue weighted by atomic mass is 32.1. The summed E-state index contributed by atoms with van der Waals surface area (Å²) in [5, 5.41) is 0. The van der Waals surface area contributed by atoms with Gasteiger partial charge >= 0.3 is 0 Å². The van der Waals surface area contributed by atoms with Gasteiger partial charge < -0.3 is 9.72 Å². The van der Waals surface area contributed by atoms with E-state index in [1.165, 1.54) is 0 Å². The lowest BCUT2D eigenvalue weighted by Crippen LogP contribution is -2.15. The summed E-state index contributed by atoms with van der Waals surface area (Å²) in [5.41, 5.74) is 1.21. The summed E-state index contributed by atoms with van der Waals surface area (Å²) in [4.78, 5) is 7.67. The summed E-state index contributed by atoms with van der Waals surface area (Å²) in [5.74, 6) is 0.953. The molecule has 4 heteroatoms. The highest BCUT2D eigenvalue weighted by molar-refractivity contribution is 7.71. The van der Waals surface area contributed by atoms with Gasteiger partial charge in [-0.2, -0.15) is 0 Å². The number of hydrogen-bond acceptors (Lipinski definition) is 3. The van der Waals surface area contributed by atoms with Gasteiger partial charge in [-0.1, -0.05) is 33.0 Å². The van der Waals surface area contributed by atoms with Crippen molar-refractivity contribution in [1.82, 2.24) is 9.97 Å². The van der Waals surface area contributed by atoms with Gasteiger partial charge in [0.15, 0.2) is 0 Å². The van der Waals surface area contributed by atoms with E-state index in [0.29, 0.717) is 4.64 Å². The Morgan fingerprint density at radius 1 is 1.44 bits per heavy atom. The summed E-state index contributed by atoms with van der Waals surface area (Å²) in [7, 11) is 1.71. The van der Waals surface area contributed by atoms with E-state index in [-0.39, 0.29) is 5.41 Å². The minimum Gasteiger partial charge on any atom is -0.385 e. The van der Waals surface area contributed by atoms with Crippen molar-refractivity contribution in [2.24, 2.45) is 0 Å². The van der Waals surface area contributed by atoms with Gasteiger partial charge in [-0.15, -0.1) is 0 Å². The Balaban J connectivity index is 2.86. The van der Waals surface area contributed by atoms with E-state index in [2.05, 4.69) is 30.7 Å². The molecule has 0 fully saturated rings. The molecule has 0 atom stereocenters. The van der Waals surface area contributed by atoms with Gasteiger partial charge in [0, 0.05) is 31.2 Å². The number of aromatic amines is 1. The smallest absolute Gasteiger partial charge is 0.130 e. The lowest BCUT2D eigenvalue weighted by Gasteiger charge is -2.19. The van der Waals surface area contributed by atoms with Crippen LogP contribution >= 0.6 is 12.2 Å². The Morgan fingerprint density at radius 2 is 2.12 bits per heavy atom. The monoisotopic (exact) mass is 240 g/mol. The second-order valence-corrected chi connectivity index (χ2v) is 5.34. The number of hydrogen-bond donors (Lipinski definition) is 1. The molecule has 1 aromatic rings. The molecule has 0 bridgehead atoms. The Kier molecular flexibility index (Phi) is 4.62. The van der Waals surface area contributed by atoms with Crippen LogP contribution in [-0.2, 0) is 16.6 Å². The van der Waals surface area contributed by atoms with E-state index in [1.54, 1.807) is 7.11 Å². The quantitative estimate of drug-likeness (QED) is 0.649. The van der Waals surface area contributed by atoms with E-state index < -0.39 is 0 Å². The Hall–Kier alpha value is -0.740. The molecular weight excluding hydrogens is 220 g/mol. The summed E-state index contributed by atoms with van der Waals surface area (Å²) >= 11 is 5.17. The van der Waals surface area contributed by atoms with Crippen LogP contribution < -0.4 is 0 Å². The van der Waals surface area contributed by atoms with Crippen LogP contribution in [0.25, 0.3) is 0 Å². The van der Waals surface area contributed by atoms with Crippen molar-refractivity contribution < 1.29 is 4.74 Å². The Bertz CT molecular complexity index is 393. The molecule has 90 valence electrons. The van der Waals surface area contributed by atoms with Gasteiger partial charge in [-0.05, 0) is 12.5 Å². The molecule has 0 aliphatic carbocycles. The second kappa shape index (κ2) is 5.55. The van der Waals surface area contributed by atoms with E-state index in [9.17, 15) is 0 Å². The van der Waals surface area contributed by atoms with Crippen molar-refractivity contribution in [1.29, 1.82) is 0 Å². The van der Waals surface area contributed by atoms with Crippen molar-refractivity contribution in [3.8, 4) is 0 Å². The van der Waals surface area contributed by atoms with Gasteiger partial charge in [0.25, 0.3) is 0 Å². The zero-order valence-electron chi connectivity index (χ0n) is 10.5. The Labute approximate surface area is 102 Å².